The SMILES string of the molecule is CSc1ccc(CC#Cc2ccc3[nH]cc(Cc4ccc(C(=O)O)cc4)c(=O)c3c2)cc1. The van der Waals surface area contributed by atoms with Gasteiger partial charge in [-0.3, -0.25) is 4.79 Å². The number of aromatic carboxylic acids is 1. The van der Waals surface area contributed by atoms with Crippen LogP contribution in [0, 0.1) is 11.8 Å². The van der Waals surface area contributed by atoms with Crippen molar-refractivity contribution in [2.75, 3.05) is 6.26 Å². The molecule has 0 aliphatic heterocycles. The fourth-order valence-corrected chi connectivity index (χ4v) is 3.86. The first-order chi connectivity index (χ1) is 15.5. The number of aromatic amines is 1. The van der Waals surface area contributed by atoms with Gasteiger partial charge in [0.25, 0.3) is 0 Å². The van der Waals surface area contributed by atoms with E-state index in [4.69, 9.17) is 5.11 Å². The van der Waals surface area contributed by atoms with E-state index in [1.165, 1.54) is 4.90 Å². The van der Waals surface area contributed by atoms with Crippen molar-refractivity contribution in [1.29, 1.82) is 0 Å². The number of pyridine rings is 1. The minimum atomic E-state index is -0.967. The Bertz CT molecular complexity index is 1390. The number of nitrogens with one attached hydrogen (secondary N) is 1. The van der Waals surface area contributed by atoms with Crippen molar-refractivity contribution >= 4 is 28.6 Å². The van der Waals surface area contributed by atoms with Crippen molar-refractivity contribution in [3.8, 4) is 11.8 Å². The normalized spacial score (nSPS) is 10.5. The van der Waals surface area contributed by atoms with Crippen LogP contribution in [0.3, 0.4) is 0 Å². The molecule has 0 radical (unpaired) electrons. The first-order valence-electron chi connectivity index (χ1n) is 10.1. The second-order valence-corrected chi connectivity index (χ2v) is 8.29. The Morgan fingerprint density at radius 2 is 1.72 bits per heavy atom. The molecule has 0 saturated carbocycles. The lowest BCUT2D eigenvalue weighted by atomic mass is 10.0. The van der Waals surface area contributed by atoms with Crippen molar-refractivity contribution in [2.45, 2.75) is 17.7 Å². The second-order valence-electron chi connectivity index (χ2n) is 7.41. The zero-order valence-electron chi connectivity index (χ0n) is 17.5. The molecule has 4 aromatic rings. The van der Waals surface area contributed by atoms with Crippen molar-refractivity contribution in [2.24, 2.45) is 0 Å². The number of carbonyl (C=O) groups is 1. The van der Waals surface area contributed by atoms with Crippen molar-refractivity contribution in [3.05, 3.63) is 111 Å². The predicted octanol–water partition coefficient (Wildman–Crippen LogP) is 5.13. The summed E-state index contributed by atoms with van der Waals surface area (Å²) >= 11 is 1.71. The quantitative estimate of drug-likeness (QED) is 0.334. The van der Waals surface area contributed by atoms with E-state index in [1.807, 2.05) is 18.2 Å². The molecule has 0 amide bonds. The Kier molecular flexibility index (Phi) is 6.44. The van der Waals surface area contributed by atoms with Gasteiger partial charge in [-0.15, -0.1) is 11.8 Å². The number of thioether (sulfide) groups is 1. The van der Waals surface area contributed by atoms with E-state index in [0.717, 1.165) is 22.2 Å². The standard InChI is InChI=1S/C27H21NO3S/c1-32-23-12-7-18(8-13-23)3-2-4-19-9-14-25-24(16-19)26(29)22(17-28-25)15-20-5-10-21(11-6-20)27(30)31/h5-14,16-17H,3,15H2,1H3,(H,28,29)(H,30,31). The smallest absolute Gasteiger partial charge is 0.335 e. The van der Waals surface area contributed by atoms with Crippen LogP contribution in [0.5, 0.6) is 0 Å². The highest BCUT2D eigenvalue weighted by Crippen LogP contribution is 2.16. The fourth-order valence-electron chi connectivity index (χ4n) is 3.45. The maximum Gasteiger partial charge on any atom is 0.335 e. The number of rotatable bonds is 5. The van der Waals surface area contributed by atoms with Gasteiger partial charge in [-0.25, -0.2) is 4.79 Å². The molecule has 3 aromatic carbocycles. The molecular formula is C27H21NO3S. The molecule has 2 N–H and O–H groups in total. The summed E-state index contributed by atoms with van der Waals surface area (Å²) in [6, 6.07) is 20.5. The number of aromatic nitrogens is 1. The lowest BCUT2D eigenvalue weighted by Crippen LogP contribution is -2.11. The number of hydrogen-bond donors (Lipinski definition) is 2. The maximum atomic E-state index is 13.1. The molecule has 0 bridgehead atoms. The number of carboxylic acid groups (broad SMARTS) is 1. The molecule has 1 heterocycles. The van der Waals surface area contributed by atoms with Crippen LogP contribution in [0.4, 0.5) is 0 Å². The molecule has 0 saturated heterocycles. The molecule has 0 unspecified atom stereocenters. The Hall–Kier alpha value is -3.75. The van der Waals surface area contributed by atoms with Crippen molar-refractivity contribution in [3.63, 3.8) is 0 Å². The Morgan fingerprint density at radius 1 is 1.00 bits per heavy atom. The number of carboxylic acids is 1. The molecule has 0 aliphatic rings. The lowest BCUT2D eigenvalue weighted by molar-refractivity contribution is 0.0697. The highest BCUT2D eigenvalue weighted by molar-refractivity contribution is 7.98. The Morgan fingerprint density at radius 3 is 2.41 bits per heavy atom. The largest absolute Gasteiger partial charge is 0.478 e. The number of H-pyrrole nitrogens is 1. The van der Waals surface area contributed by atoms with Crippen LogP contribution >= 0.6 is 11.8 Å². The number of hydrogen-bond acceptors (Lipinski definition) is 3. The average Bonchev–Trinajstić information content (AvgIpc) is 2.82. The summed E-state index contributed by atoms with van der Waals surface area (Å²) in [7, 11) is 0. The van der Waals surface area contributed by atoms with Gasteiger partial charge >= 0.3 is 5.97 Å². The summed E-state index contributed by atoms with van der Waals surface area (Å²) in [4.78, 5) is 28.5. The fraction of sp³-hybridized carbons (Fsp3) is 0.111. The van der Waals surface area contributed by atoms with Gasteiger partial charge in [0.1, 0.15) is 0 Å². The third-order valence-corrected chi connectivity index (χ3v) is 5.98. The molecule has 0 aliphatic carbocycles. The van der Waals surface area contributed by atoms with Crippen molar-refractivity contribution in [1.82, 2.24) is 4.98 Å². The summed E-state index contributed by atoms with van der Waals surface area (Å²) < 4.78 is 0. The van der Waals surface area contributed by atoms with Crippen LogP contribution in [0.1, 0.15) is 32.6 Å². The number of benzene rings is 3. The zero-order chi connectivity index (χ0) is 22.5. The summed E-state index contributed by atoms with van der Waals surface area (Å²) in [6.45, 7) is 0. The van der Waals surface area contributed by atoms with Crippen molar-refractivity contribution < 1.29 is 9.90 Å². The molecule has 5 heteroatoms. The maximum absolute atomic E-state index is 13.1. The van der Waals surface area contributed by atoms with E-state index >= 15 is 0 Å². The summed E-state index contributed by atoms with van der Waals surface area (Å²) in [5.41, 5.74) is 4.40. The van der Waals surface area contributed by atoms with Gasteiger partial charge in [-0.2, -0.15) is 0 Å². The summed E-state index contributed by atoms with van der Waals surface area (Å²) in [5.74, 6) is 5.39. The minimum Gasteiger partial charge on any atom is -0.478 e. The molecule has 0 fully saturated rings. The first kappa shape index (κ1) is 21.5. The van der Waals surface area contributed by atoms with E-state index in [1.54, 1.807) is 42.2 Å². The second kappa shape index (κ2) is 9.59. The van der Waals surface area contributed by atoms with Gasteiger partial charge in [0.2, 0.25) is 0 Å². The van der Waals surface area contributed by atoms with Gasteiger partial charge in [0.15, 0.2) is 5.43 Å². The van der Waals surface area contributed by atoms with Gasteiger partial charge in [0, 0.05) is 46.0 Å². The van der Waals surface area contributed by atoms with E-state index in [9.17, 15) is 9.59 Å². The van der Waals surface area contributed by atoms with Crippen LogP contribution in [0.15, 0.2) is 82.6 Å². The third kappa shape index (κ3) is 4.93. The lowest BCUT2D eigenvalue weighted by Gasteiger charge is -2.05. The summed E-state index contributed by atoms with van der Waals surface area (Å²) in [5, 5.41) is 9.63. The molecule has 158 valence electrons. The first-order valence-corrected chi connectivity index (χ1v) is 11.3. The van der Waals surface area contributed by atoms with E-state index in [0.29, 0.717) is 23.8 Å². The highest BCUT2D eigenvalue weighted by atomic mass is 32.2. The van der Waals surface area contributed by atoms with E-state index < -0.39 is 5.97 Å². The average molecular weight is 440 g/mol. The van der Waals surface area contributed by atoms with Crippen LogP contribution in [-0.4, -0.2) is 22.3 Å². The summed E-state index contributed by atoms with van der Waals surface area (Å²) in [6.07, 6.45) is 4.85. The Balaban J connectivity index is 1.56. The van der Waals surface area contributed by atoms with Crippen LogP contribution in [0.25, 0.3) is 10.9 Å². The van der Waals surface area contributed by atoms with Gasteiger partial charge in [0.05, 0.1) is 5.56 Å². The highest BCUT2D eigenvalue weighted by Gasteiger charge is 2.08. The van der Waals surface area contributed by atoms with Crippen LogP contribution in [-0.2, 0) is 12.8 Å². The van der Waals surface area contributed by atoms with Gasteiger partial charge in [-0.1, -0.05) is 36.1 Å². The molecule has 4 rings (SSSR count). The van der Waals surface area contributed by atoms with E-state index in [2.05, 4.69) is 47.3 Å². The Labute approximate surface area is 190 Å². The monoisotopic (exact) mass is 439 g/mol. The predicted molar refractivity (Wildman–Crippen MR) is 130 cm³/mol. The van der Waals surface area contributed by atoms with Crippen LogP contribution < -0.4 is 5.43 Å². The topological polar surface area (TPSA) is 70.2 Å². The van der Waals surface area contributed by atoms with Gasteiger partial charge in [-0.05, 0) is 59.8 Å². The van der Waals surface area contributed by atoms with Crippen LogP contribution in [0.2, 0.25) is 0 Å². The molecule has 0 atom stereocenters. The molecule has 4 nitrogen and oxygen atoms in total. The molecule has 32 heavy (non-hydrogen) atoms. The molecule has 1 aromatic heterocycles. The van der Waals surface area contributed by atoms with Gasteiger partial charge < -0.3 is 10.1 Å². The van der Waals surface area contributed by atoms with E-state index in [-0.39, 0.29) is 11.0 Å². The number of fused-ring (bicyclic) bond motifs is 1. The zero-order valence-corrected chi connectivity index (χ0v) is 18.3. The minimum absolute atomic E-state index is 0.0441. The molecule has 0 spiro atoms. The molecular weight excluding hydrogens is 418 g/mol. The third-order valence-electron chi connectivity index (χ3n) is 5.24.